The van der Waals surface area contributed by atoms with Gasteiger partial charge in [0, 0.05) is 18.3 Å². The Hall–Kier alpha value is -4.01. The lowest BCUT2D eigenvalue weighted by molar-refractivity contribution is 0.170. The number of hydrogen-bond acceptors (Lipinski definition) is 7. The van der Waals surface area contributed by atoms with Gasteiger partial charge in [-0.05, 0) is 29.8 Å². The number of carbonyl (C=O) groups excluding carboxylic acids is 2. The van der Waals surface area contributed by atoms with E-state index in [1.54, 1.807) is 48.7 Å². The highest BCUT2D eigenvalue weighted by Crippen LogP contribution is 2.32. The number of carbonyl (C=O) groups is 2. The predicted octanol–water partition coefficient (Wildman–Crippen LogP) is 3.82. The summed E-state index contributed by atoms with van der Waals surface area (Å²) in [6, 6.07) is 11.9. The molecule has 2 N–H and O–H groups in total. The number of ether oxygens (including phenoxy) is 3. The molecule has 9 nitrogen and oxygen atoms in total. The van der Waals surface area contributed by atoms with Crippen molar-refractivity contribution in [1.82, 2.24) is 10.3 Å². The Morgan fingerprint density at radius 3 is 2.69 bits per heavy atom. The normalized spacial score (nSPS) is 10.1. The van der Waals surface area contributed by atoms with Crippen molar-refractivity contribution in [2.75, 3.05) is 19.5 Å². The van der Waals surface area contributed by atoms with E-state index < -0.39 is 12.2 Å². The van der Waals surface area contributed by atoms with Crippen molar-refractivity contribution < 1.29 is 28.2 Å². The van der Waals surface area contributed by atoms with Crippen LogP contribution in [0, 0.1) is 0 Å². The third kappa shape index (κ3) is 5.25. The fourth-order valence-corrected chi connectivity index (χ4v) is 2.54. The first kappa shape index (κ1) is 19.7. The Morgan fingerprint density at radius 2 is 1.97 bits per heavy atom. The van der Waals surface area contributed by atoms with Crippen LogP contribution in [-0.4, -0.2) is 31.4 Å². The van der Waals surface area contributed by atoms with Gasteiger partial charge in [-0.2, -0.15) is 0 Å². The first-order valence-electron chi connectivity index (χ1n) is 8.55. The second-order valence-corrected chi connectivity index (χ2v) is 5.79. The number of benzene rings is 2. The summed E-state index contributed by atoms with van der Waals surface area (Å²) in [7, 11) is 2.80. The van der Waals surface area contributed by atoms with Crippen LogP contribution in [0.4, 0.5) is 15.3 Å². The second-order valence-electron chi connectivity index (χ2n) is 5.79. The summed E-state index contributed by atoms with van der Waals surface area (Å²) in [6.07, 6.45) is 1.68. The van der Waals surface area contributed by atoms with Crippen molar-refractivity contribution >= 4 is 17.9 Å². The number of methoxy groups -OCH3 is 2. The molecule has 1 heterocycles. The van der Waals surface area contributed by atoms with E-state index in [1.165, 1.54) is 20.6 Å². The van der Waals surface area contributed by atoms with E-state index in [-0.39, 0.29) is 6.54 Å². The number of nitrogens with zero attached hydrogens (tertiary/aromatic N) is 1. The van der Waals surface area contributed by atoms with Crippen LogP contribution in [0.3, 0.4) is 0 Å². The van der Waals surface area contributed by atoms with Gasteiger partial charge in [0.05, 0.1) is 26.0 Å². The lowest BCUT2D eigenvalue weighted by atomic mass is 10.1. The number of anilines is 1. The van der Waals surface area contributed by atoms with E-state index in [1.807, 2.05) is 0 Å². The zero-order chi connectivity index (χ0) is 20.6. The quantitative estimate of drug-likeness (QED) is 0.650. The lowest BCUT2D eigenvalue weighted by Crippen LogP contribution is -2.22. The minimum atomic E-state index is -0.669. The van der Waals surface area contributed by atoms with Crippen molar-refractivity contribution in [3.8, 4) is 22.8 Å². The average Bonchev–Trinajstić information content (AvgIpc) is 3.26. The van der Waals surface area contributed by atoms with E-state index in [0.717, 1.165) is 5.56 Å². The number of hydrogen-bond donors (Lipinski definition) is 2. The highest BCUT2D eigenvalue weighted by molar-refractivity contribution is 5.87. The molecule has 9 heteroatoms. The van der Waals surface area contributed by atoms with Crippen LogP contribution in [0.25, 0.3) is 11.3 Å². The molecule has 0 spiro atoms. The topological polar surface area (TPSA) is 112 Å². The molecule has 3 aromatic rings. The zero-order valence-electron chi connectivity index (χ0n) is 15.8. The molecule has 3 rings (SSSR count). The highest BCUT2D eigenvalue weighted by atomic mass is 16.6. The van der Waals surface area contributed by atoms with Gasteiger partial charge in [-0.15, -0.1) is 0 Å². The molecule has 0 saturated heterocycles. The molecule has 2 amide bonds. The van der Waals surface area contributed by atoms with E-state index >= 15 is 0 Å². The highest BCUT2D eigenvalue weighted by Gasteiger charge is 2.12. The van der Waals surface area contributed by atoms with Crippen molar-refractivity contribution in [2.45, 2.75) is 6.54 Å². The zero-order valence-corrected chi connectivity index (χ0v) is 15.8. The summed E-state index contributed by atoms with van der Waals surface area (Å²) < 4.78 is 20.5. The van der Waals surface area contributed by atoms with Gasteiger partial charge in [0.2, 0.25) is 0 Å². The van der Waals surface area contributed by atoms with Gasteiger partial charge in [-0.25, -0.2) is 14.6 Å². The minimum absolute atomic E-state index is 0.242. The molecular weight excluding hydrogens is 378 g/mol. The maximum atomic E-state index is 12.2. The van der Waals surface area contributed by atoms with Gasteiger partial charge >= 0.3 is 12.2 Å². The fraction of sp³-hybridized carbons (Fsp3) is 0.150. The second kappa shape index (κ2) is 9.27. The van der Waals surface area contributed by atoms with Crippen LogP contribution in [0.1, 0.15) is 5.56 Å². The molecule has 0 saturated carbocycles. The maximum Gasteiger partial charge on any atom is 0.417 e. The molecular formula is C20H19N3O6. The molecule has 0 atom stereocenters. The molecule has 0 radical (unpaired) electrons. The number of amides is 2. The Bertz CT molecular complexity index is 988. The lowest BCUT2D eigenvalue weighted by Gasteiger charge is -2.11. The van der Waals surface area contributed by atoms with Crippen LogP contribution < -0.4 is 20.1 Å². The predicted molar refractivity (Wildman–Crippen MR) is 104 cm³/mol. The minimum Gasteiger partial charge on any atom is -0.496 e. The van der Waals surface area contributed by atoms with Crippen molar-refractivity contribution in [2.24, 2.45) is 0 Å². The number of nitrogens with one attached hydrogen (secondary N) is 2. The largest absolute Gasteiger partial charge is 0.496 e. The van der Waals surface area contributed by atoms with Gasteiger partial charge in [0.1, 0.15) is 11.5 Å². The molecule has 0 aliphatic rings. The Labute approximate surface area is 166 Å². The molecule has 0 aliphatic heterocycles. The Morgan fingerprint density at radius 1 is 1.10 bits per heavy atom. The van der Waals surface area contributed by atoms with Gasteiger partial charge in [-0.3, -0.25) is 5.32 Å². The number of rotatable bonds is 6. The van der Waals surface area contributed by atoms with Gasteiger partial charge in [0.15, 0.2) is 12.2 Å². The summed E-state index contributed by atoms with van der Waals surface area (Å²) in [5.41, 5.74) is 1.94. The van der Waals surface area contributed by atoms with Crippen LogP contribution in [0.5, 0.6) is 11.5 Å². The molecule has 0 fully saturated rings. The molecule has 0 unspecified atom stereocenters. The fourth-order valence-electron chi connectivity index (χ4n) is 2.54. The molecule has 0 bridgehead atoms. The van der Waals surface area contributed by atoms with Crippen molar-refractivity contribution in [3.63, 3.8) is 0 Å². The van der Waals surface area contributed by atoms with Gasteiger partial charge in [-0.1, -0.05) is 12.1 Å². The first-order chi connectivity index (χ1) is 14.1. The number of oxazole rings is 1. The third-order valence-corrected chi connectivity index (χ3v) is 3.88. The average molecular weight is 397 g/mol. The molecule has 0 aliphatic carbocycles. The monoisotopic (exact) mass is 397 g/mol. The SMILES string of the molecule is COC(=O)NCc1cccc(OC(=O)Nc2ccc(-c3cnco3)c(OC)c2)c1. The van der Waals surface area contributed by atoms with Crippen LogP contribution in [-0.2, 0) is 11.3 Å². The molecule has 150 valence electrons. The Balaban J connectivity index is 1.64. The molecule has 29 heavy (non-hydrogen) atoms. The number of aromatic nitrogens is 1. The van der Waals surface area contributed by atoms with Crippen molar-refractivity contribution in [1.29, 1.82) is 0 Å². The third-order valence-electron chi connectivity index (χ3n) is 3.88. The van der Waals surface area contributed by atoms with E-state index in [2.05, 4.69) is 20.4 Å². The molecule has 1 aromatic heterocycles. The Kier molecular flexibility index (Phi) is 6.31. The van der Waals surface area contributed by atoms with Crippen LogP contribution in [0.2, 0.25) is 0 Å². The first-order valence-corrected chi connectivity index (χ1v) is 8.55. The van der Waals surface area contributed by atoms with Crippen LogP contribution >= 0.6 is 0 Å². The number of alkyl carbamates (subject to hydrolysis) is 1. The van der Waals surface area contributed by atoms with Gasteiger partial charge in [0.25, 0.3) is 0 Å². The van der Waals surface area contributed by atoms with Crippen LogP contribution in [0.15, 0.2) is 59.5 Å². The summed E-state index contributed by atoms with van der Waals surface area (Å²) >= 11 is 0. The summed E-state index contributed by atoms with van der Waals surface area (Å²) in [6.45, 7) is 0.242. The summed E-state index contributed by atoms with van der Waals surface area (Å²) in [4.78, 5) is 27.3. The van der Waals surface area contributed by atoms with E-state index in [4.69, 9.17) is 13.9 Å². The smallest absolute Gasteiger partial charge is 0.417 e. The van der Waals surface area contributed by atoms with E-state index in [0.29, 0.717) is 28.5 Å². The standard InChI is InChI=1S/C20H19N3O6/c1-26-17-9-14(6-7-16(17)18-11-21-12-28-18)23-20(25)29-15-5-3-4-13(8-15)10-22-19(24)27-2/h3-9,11-12H,10H2,1-2H3,(H,22,24)(H,23,25). The van der Waals surface area contributed by atoms with Crippen molar-refractivity contribution in [3.05, 3.63) is 60.6 Å². The molecule has 2 aromatic carbocycles. The summed E-state index contributed by atoms with van der Waals surface area (Å²) in [5.74, 6) is 1.39. The van der Waals surface area contributed by atoms with E-state index in [9.17, 15) is 9.59 Å². The summed E-state index contributed by atoms with van der Waals surface area (Å²) in [5, 5.41) is 5.19. The maximum absolute atomic E-state index is 12.2. The van der Waals surface area contributed by atoms with Gasteiger partial charge < -0.3 is 23.9 Å².